The monoisotopic (exact) mass is 222 g/mol. The third-order valence-electron chi connectivity index (χ3n) is 3.76. The van der Waals surface area contributed by atoms with Gasteiger partial charge in [-0.2, -0.15) is 0 Å². The SMILES string of the molecule is Clc1ccc(CN2C3CCC2CC3)cn1. The summed E-state index contributed by atoms with van der Waals surface area (Å²) < 4.78 is 0. The molecule has 1 aromatic heterocycles. The van der Waals surface area contributed by atoms with Gasteiger partial charge in [-0.1, -0.05) is 17.7 Å². The maximum atomic E-state index is 5.77. The van der Waals surface area contributed by atoms with Gasteiger partial charge >= 0.3 is 0 Å². The van der Waals surface area contributed by atoms with Crippen LogP contribution in [0.3, 0.4) is 0 Å². The predicted molar refractivity (Wildman–Crippen MR) is 60.8 cm³/mol. The summed E-state index contributed by atoms with van der Waals surface area (Å²) in [5.74, 6) is 0. The van der Waals surface area contributed by atoms with Crippen LogP contribution in [0.1, 0.15) is 31.2 Å². The summed E-state index contributed by atoms with van der Waals surface area (Å²) in [6.45, 7) is 1.06. The van der Waals surface area contributed by atoms with E-state index in [0.29, 0.717) is 5.15 Å². The summed E-state index contributed by atoms with van der Waals surface area (Å²) in [7, 11) is 0. The molecule has 0 aromatic carbocycles. The van der Waals surface area contributed by atoms with Gasteiger partial charge in [0.1, 0.15) is 5.15 Å². The molecule has 0 atom stereocenters. The van der Waals surface area contributed by atoms with Crippen LogP contribution in [0.5, 0.6) is 0 Å². The van der Waals surface area contributed by atoms with Crippen molar-refractivity contribution in [1.82, 2.24) is 9.88 Å². The fourth-order valence-electron chi connectivity index (χ4n) is 2.99. The average molecular weight is 223 g/mol. The smallest absolute Gasteiger partial charge is 0.129 e. The predicted octanol–water partition coefficient (Wildman–Crippen LogP) is 2.86. The van der Waals surface area contributed by atoms with Crippen LogP contribution in [0.25, 0.3) is 0 Å². The van der Waals surface area contributed by atoms with E-state index in [1.807, 2.05) is 12.3 Å². The molecule has 2 saturated heterocycles. The van der Waals surface area contributed by atoms with Crippen molar-refractivity contribution >= 4 is 11.6 Å². The zero-order valence-corrected chi connectivity index (χ0v) is 9.45. The molecule has 0 radical (unpaired) electrons. The second kappa shape index (κ2) is 3.76. The number of hydrogen-bond donors (Lipinski definition) is 0. The quantitative estimate of drug-likeness (QED) is 0.716. The molecule has 1 aromatic rings. The van der Waals surface area contributed by atoms with Crippen molar-refractivity contribution in [3.05, 3.63) is 29.0 Å². The standard InChI is InChI=1S/C12H15ClN2/c13-12-6-1-9(7-14-12)8-15-10-2-3-11(15)5-4-10/h1,6-7,10-11H,2-5,8H2. The average Bonchev–Trinajstić information content (AvgIpc) is 2.81. The van der Waals surface area contributed by atoms with E-state index >= 15 is 0 Å². The van der Waals surface area contributed by atoms with Gasteiger partial charge in [-0.15, -0.1) is 0 Å². The van der Waals surface area contributed by atoms with Crippen molar-refractivity contribution in [2.75, 3.05) is 0 Å². The molecule has 2 bridgehead atoms. The lowest BCUT2D eigenvalue weighted by Crippen LogP contribution is -2.27. The zero-order valence-electron chi connectivity index (χ0n) is 8.69. The molecular formula is C12H15ClN2. The molecular weight excluding hydrogens is 208 g/mol. The number of halogens is 1. The topological polar surface area (TPSA) is 16.1 Å². The minimum atomic E-state index is 0.586. The Morgan fingerprint density at radius 2 is 1.87 bits per heavy atom. The Morgan fingerprint density at radius 1 is 1.20 bits per heavy atom. The molecule has 0 saturated carbocycles. The van der Waals surface area contributed by atoms with Gasteiger partial charge in [0.15, 0.2) is 0 Å². The number of aromatic nitrogens is 1. The number of hydrogen-bond acceptors (Lipinski definition) is 2. The second-order valence-corrected chi connectivity index (χ2v) is 5.01. The molecule has 80 valence electrons. The van der Waals surface area contributed by atoms with Crippen molar-refractivity contribution < 1.29 is 0 Å². The molecule has 3 heteroatoms. The van der Waals surface area contributed by atoms with Crippen molar-refractivity contribution in [3.63, 3.8) is 0 Å². The van der Waals surface area contributed by atoms with Gasteiger partial charge in [0.25, 0.3) is 0 Å². The third-order valence-corrected chi connectivity index (χ3v) is 3.98. The van der Waals surface area contributed by atoms with E-state index in [0.717, 1.165) is 18.6 Å². The molecule has 15 heavy (non-hydrogen) atoms. The van der Waals surface area contributed by atoms with Crippen LogP contribution in [0, 0.1) is 0 Å². The highest BCUT2D eigenvalue weighted by Gasteiger charge is 2.38. The van der Waals surface area contributed by atoms with Crippen LogP contribution in [0.15, 0.2) is 18.3 Å². The minimum absolute atomic E-state index is 0.586. The van der Waals surface area contributed by atoms with Gasteiger partial charge in [0.2, 0.25) is 0 Å². The Hall–Kier alpha value is -0.600. The Bertz CT molecular complexity index is 329. The van der Waals surface area contributed by atoms with E-state index in [2.05, 4.69) is 16.0 Å². The zero-order chi connectivity index (χ0) is 10.3. The molecule has 3 rings (SSSR count). The van der Waals surface area contributed by atoms with Crippen LogP contribution >= 0.6 is 11.6 Å². The van der Waals surface area contributed by atoms with Crippen molar-refractivity contribution in [1.29, 1.82) is 0 Å². The number of rotatable bonds is 2. The van der Waals surface area contributed by atoms with Gasteiger partial charge in [-0.05, 0) is 37.3 Å². The molecule has 2 aliphatic heterocycles. The molecule has 2 fully saturated rings. The minimum Gasteiger partial charge on any atom is -0.293 e. The first-order chi connectivity index (χ1) is 7.33. The van der Waals surface area contributed by atoms with E-state index in [1.54, 1.807) is 0 Å². The molecule has 0 N–H and O–H groups in total. The summed E-state index contributed by atoms with van der Waals surface area (Å²) in [6, 6.07) is 5.65. The highest BCUT2D eigenvalue weighted by Crippen LogP contribution is 2.38. The molecule has 0 spiro atoms. The number of fused-ring (bicyclic) bond motifs is 2. The second-order valence-electron chi connectivity index (χ2n) is 4.62. The first kappa shape index (κ1) is 9.61. The lowest BCUT2D eigenvalue weighted by Gasteiger charge is -2.21. The Balaban J connectivity index is 1.73. The van der Waals surface area contributed by atoms with Gasteiger partial charge in [-0.25, -0.2) is 4.98 Å². The molecule has 0 aliphatic carbocycles. The summed E-state index contributed by atoms with van der Waals surface area (Å²) in [6.07, 6.45) is 7.48. The van der Waals surface area contributed by atoms with Crippen LogP contribution in [-0.4, -0.2) is 22.0 Å². The van der Waals surface area contributed by atoms with Crippen LogP contribution < -0.4 is 0 Å². The summed E-state index contributed by atoms with van der Waals surface area (Å²) in [5.41, 5.74) is 1.29. The molecule has 3 heterocycles. The van der Waals surface area contributed by atoms with Gasteiger partial charge < -0.3 is 0 Å². The highest BCUT2D eigenvalue weighted by molar-refractivity contribution is 6.29. The van der Waals surface area contributed by atoms with Crippen molar-refractivity contribution in [3.8, 4) is 0 Å². The fraction of sp³-hybridized carbons (Fsp3) is 0.583. The molecule has 0 amide bonds. The first-order valence-corrected chi connectivity index (χ1v) is 6.07. The van der Waals surface area contributed by atoms with E-state index in [-0.39, 0.29) is 0 Å². The van der Waals surface area contributed by atoms with Crippen molar-refractivity contribution in [2.45, 2.75) is 44.3 Å². The molecule has 2 nitrogen and oxygen atoms in total. The van der Waals surface area contributed by atoms with Crippen LogP contribution in [-0.2, 0) is 6.54 Å². The lowest BCUT2D eigenvalue weighted by molar-refractivity contribution is 0.243. The summed E-state index contributed by atoms with van der Waals surface area (Å²) in [4.78, 5) is 6.77. The van der Waals surface area contributed by atoms with Crippen molar-refractivity contribution in [2.24, 2.45) is 0 Å². The first-order valence-electron chi connectivity index (χ1n) is 5.69. The Labute approximate surface area is 95.3 Å². The fourth-order valence-corrected chi connectivity index (χ4v) is 3.10. The molecule has 2 aliphatic rings. The van der Waals surface area contributed by atoms with E-state index in [1.165, 1.54) is 31.2 Å². The molecule has 0 unspecified atom stereocenters. The maximum absolute atomic E-state index is 5.77. The van der Waals surface area contributed by atoms with E-state index in [4.69, 9.17) is 11.6 Å². The normalized spacial score (nSPS) is 29.9. The van der Waals surface area contributed by atoms with E-state index in [9.17, 15) is 0 Å². The summed E-state index contributed by atoms with van der Waals surface area (Å²) in [5, 5.41) is 0.586. The van der Waals surface area contributed by atoms with Gasteiger partial charge in [0, 0.05) is 24.8 Å². The van der Waals surface area contributed by atoms with Gasteiger partial charge in [0.05, 0.1) is 0 Å². The number of nitrogens with zero attached hydrogens (tertiary/aromatic N) is 2. The lowest BCUT2D eigenvalue weighted by atomic mass is 10.0. The van der Waals surface area contributed by atoms with Crippen LogP contribution in [0.2, 0.25) is 5.15 Å². The largest absolute Gasteiger partial charge is 0.293 e. The highest BCUT2D eigenvalue weighted by atomic mass is 35.5. The third kappa shape index (κ3) is 1.77. The van der Waals surface area contributed by atoms with E-state index < -0.39 is 0 Å². The Morgan fingerprint density at radius 3 is 2.40 bits per heavy atom. The maximum Gasteiger partial charge on any atom is 0.129 e. The van der Waals surface area contributed by atoms with Crippen LogP contribution in [0.4, 0.5) is 0 Å². The Kier molecular flexibility index (Phi) is 2.41. The van der Waals surface area contributed by atoms with Gasteiger partial charge in [-0.3, -0.25) is 4.90 Å². The summed E-state index contributed by atoms with van der Waals surface area (Å²) >= 11 is 5.77. The number of pyridine rings is 1.